The van der Waals surface area contributed by atoms with Crippen molar-refractivity contribution >= 4 is 23.8 Å². The molecule has 0 aliphatic rings. The van der Waals surface area contributed by atoms with Crippen LogP contribution in [0.15, 0.2) is 41.2 Å². The van der Waals surface area contributed by atoms with Gasteiger partial charge in [-0.25, -0.2) is 0 Å². The third-order valence-corrected chi connectivity index (χ3v) is 2.35. The number of nitrogens with two attached hydrogens (primary N) is 1. The first-order chi connectivity index (χ1) is 7.25. The van der Waals surface area contributed by atoms with Gasteiger partial charge in [0.05, 0.1) is 12.5 Å². The number of hydrogen-bond acceptors (Lipinski definition) is 3. The minimum Gasteiger partial charge on any atom is -0.472 e. The summed E-state index contributed by atoms with van der Waals surface area (Å²) in [5.74, 6) is 0. The first-order valence-corrected chi connectivity index (χ1v) is 4.87. The second-order valence-corrected chi connectivity index (χ2v) is 3.56. The number of furan rings is 1. The van der Waals surface area contributed by atoms with Crippen molar-refractivity contribution in [1.82, 2.24) is 0 Å². The van der Waals surface area contributed by atoms with Crippen LogP contribution in [-0.4, -0.2) is 0 Å². The fourth-order valence-corrected chi connectivity index (χ4v) is 1.38. The number of aryl methyl sites for hydroxylation is 1. The highest BCUT2D eigenvalue weighted by Crippen LogP contribution is 2.17. The van der Waals surface area contributed by atoms with Gasteiger partial charge in [0, 0.05) is 23.5 Å². The lowest BCUT2D eigenvalue weighted by Crippen LogP contribution is -1.99. The molecule has 0 aliphatic heterocycles. The van der Waals surface area contributed by atoms with Crippen LogP contribution in [-0.2, 0) is 6.54 Å². The molecule has 2 rings (SSSR count). The van der Waals surface area contributed by atoms with Crippen LogP contribution in [0, 0.1) is 6.92 Å². The van der Waals surface area contributed by atoms with Crippen molar-refractivity contribution in [2.24, 2.45) is 0 Å². The summed E-state index contributed by atoms with van der Waals surface area (Å²) in [6.45, 7) is 2.76. The van der Waals surface area contributed by atoms with E-state index in [1.54, 1.807) is 12.5 Å². The molecular formula is C12H15ClN2O. The van der Waals surface area contributed by atoms with E-state index >= 15 is 0 Å². The van der Waals surface area contributed by atoms with E-state index in [4.69, 9.17) is 10.2 Å². The van der Waals surface area contributed by atoms with Crippen molar-refractivity contribution in [2.75, 3.05) is 11.1 Å². The highest BCUT2D eigenvalue weighted by atomic mass is 35.5. The van der Waals surface area contributed by atoms with Crippen LogP contribution in [0.25, 0.3) is 0 Å². The van der Waals surface area contributed by atoms with Gasteiger partial charge in [-0.15, -0.1) is 12.4 Å². The topological polar surface area (TPSA) is 51.2 Å². The summed E-state index contributed by atoms with van der Waals surface area (Å²) < 4.78 is 4.99. The highest BCUT2D eigenvalue weighted by Gasteiger charge is 1.97. The molecule has 0 bridgehead atoms. The number of anilines is 2. The molecule has 1 heterocycles. The van der Waals surface area contributed by atoms with E-state index in [-0.39, 0.29) is 12.4 Å². The van der Waals surface area contributed by atoms with Gasteiger partial charge in [0.2, 0.25) is 0 Å². The summed E-state index contributed by atoms with van der Waals surface area (Å²) in [7, 11) is 0. The van der Waals surface area contributed by atoms with Crippen LogP contribution in [0.4, 0.5) is 11.4 Å². The normalized spacial score (nSPS) is 9.56. The van der Waals surface area contributed by atoms with Gasteiger partial charge in [-0.1, -0.05) is 0 Å². The quantitative estimate of drug-likeness (QED) is 0.808. The fraction of sp³-hybridized carbons (Fsp3) is 0.167. The summed E-state index contributed by atoms with van der Waals surface area (Å²) in [6, 6.07) is 7.86. The fourth-order valence-electron chi connectivity index (χ4n) is 1.38. The van der Waals surface area contributed by atoms with Gasteiger partial charge in [0.25, 0.3) is 0 Å². The lowest BCUT2D eigenvalue weighted by atomic mass is 10.2. The molecular weight excluding hydrogens is 224 g/mol. The lowest BCUT2D eigenvalue weighted by Gasteiger charge is -2.07. The van der Waals surface area contributed by atoms with Gasteiger partial charge in [-0.2, -0.15) is 0 Å². The molecule has 1 aromatic carbocycles. The molecule has 0 saturated carbocycles. The smallest absolute Gasteiger partial charge is 0.0952 e. The summed E-state index contributed by atoms with van der Waals surface area (Å²) >= 11 is 0. The molecule has 0 amide bonds. The summed E-state index contributed by atoms with van der Waals surface area (Å²) in [6.07, 6.45) is 3.41. The molecule has 0 spiro atoms. The molecule has 4 heteroatoms. The van der Waals surface area contributed by atoms with Crippen LogP contribution in [0.3, 0.4) is 0 Å². The predicted octanol–water partition coefficient (Wildman–Crippen LogP) is 3.20. The van der Waals surface area contributed by atoms with Crippen molar-refractivity contribution < 1.29 is 4.42 Å². The maximum absolute atomic E-state index is 5.74. The van der Waals surface area contributed by atoms with Crippen LogP contribution < -0.4 is 11.1 Å². The van der Waals surface area contributed by atoms with Crippen LogP contribution >= 0.6 is 12.4 Å². The van der Waals surface area contributed by atoms with Crippen LogP contribution in [0.2, 0.25) is 0 Å². The van der Waals surface area contributed by atoms with Gasteiger partial charge >= 0.3 is 0 Å². The Morgan fingerprint density at radius 2 is 2.12 bits per heavy atom. The molecule has 0 radical (unpaired) electrons. The van der Waals surface area contributed by atoms with Gasteiger partial charge < -0.3 is 15.5 Å². The lowest BCUT2D eigenvalue weighted by molar-refractivity contribution is 0.564. The van der Waals surface area contributed by atoms with E-state index in [2.05, 4.69) is 5.32 Å². The Morgan fingerprint density at radius 3 is 2.75 bits per heavy atom. The monoisotopic (exact) mass is 238 g/mol. The number of halogens is 1. The summed E-state index contributed by atoms with van der Waals surface area (Å²) in [4.78, 5) is 0. The van der Waals surface area contributed by atoms with E-state index in [1.165, 1.54) is 0 Å². The molecule has 1 aromatic heterocycles. The number of nitrogens with one attached hydrogen (secondary N) is 1. The van der Waals surface area contributed by atoms with E-state index in [1.807, 2.05) is 31.2 Å². The Bertz CT molecular complexity index is 440. The Hall–Kier alpha value is -1.61. The molecule has 3 N–H and O–H groups in total. The molecule has 2 aromatic rings. The standard InChI is InChI=1S/C12H14N2O.ClH/c1-9-6-11(2-3-12(9)13)14-7-10-4-5-15-8-10;/h2-6,8,14H,7,13H2,1H3;1H. The molecule has 16 heavy (non-hydrogen) atoms. The Labute approximate surface area is 101 Å². The number of nitrogen functional groups attached to an aromatic ring is 1. The van der Waals surface area contributed by atoms with E-state index < -0.39 is 0 Å². The van der Waals surface area contributed by atoms with Gasteiger partial charge in [0.15, 0.2) is 0 Å². The molecule has 0 aliphatic carbocycles. The van der Waals surface area contributed by atoms with E-state index in [9.17, 15) is 0 Å². The third-order valence-electron chi connectivity index (χ3n) is 2.35. The maximum Gasteiger partial charge on any atom is 0.0952 e. The van der Waals surface area contributed by atoms with Crippen molar-refractivity contribution in [1.29, 1.82) is 0 Å². The van der Waals surface area contributed by atoms with Gasteiger partial charge in [0.1, 0.15) is 0 Å². The Kier molecular flexibility index (Phi) is 4.26. The number of benzene rings is 1. The minimum atomic E-state index is 0. The second kappa shape index (κ2) is 5.47. The zero-order chi connectivity index (χ0) is 10.7. The SMILES string of the molecule is Cc1cc(NCc2ccoc2)ccc1N.Cl. The maximum atomic E-state index is 5.74. The zero-order valence-electron chi connectivity index (χ0n) is 9.07. The molecule has 0 saturated heterocycles. The van der Waals surface area contributed by atoms with Crippen molar-refractivity contribution in [3.05, 3.63) is 47.9 Å². The molecule has 0 unspecified atom stereocenters. The zero-order valence-corrected chi connectivity index (χ0v) is 9.88. The average Bonchev–Trinajstić information content (AvgIpc) is 2.73. The Morgan fingerprint density at radius 1 is 1.31 bits per heavy atom. The molecule has 0 fully saturated rings. The molecule has 3 nitrogen and oxygen atoms in total. The number of hydrogen-bond donors (Lipinski definition) is 2. The molecule has 86 valence electrons. The largest absolute Gasteiger partial charge is 0.472 e. The number of rotatable bonds is 3. The first kappa shape index (κ1) is 12.5. The predicted molar refractivity (Wildman–Crippen MR) is 68.9 cm³/mol. The van der Waals surface area contributed by atoms with Crippen LogP contribution in [0.5, 0.6) is 0 Å². The van der Waals surface area contributed by atoms with Crippen molar-refractivity contribution in [3.63, 3.8) is 0 Å². The third kappa shape index (κ3) is 2.94. The highest BCUT2D eigenvalue weighted by molar-refractivity contribution is 5.85. The van der Waals surface area contributed by atoms with Crippen molar-refractivity contribution in [3.8, 4) is 0 Å². The Balaban J connectivity index is 0.00000128. The summed E-state index contributed by atoms with van der Waals surface area (Å²) in [5.41, 5.74) is 9.85. The van der Waals surface area contributed by atoms with Gasteiger partial charge in [-0.05, 0) is 36.8 Å². The van der Waals surface area contributed by atoms with Crippen molar-refractivity contribution in [2.45, 2.75) is 13.5 Å². The molecule has 0 atom stereocenters. The summed E-state index contributed by atoms with van der Waals surface area (Å²) in [5, 5.41) is 3.30. The average molecular weight is 239 g/mol. The van der Waals surface area contributed by atoms with E-state index in [0.717, 1.165) is 29.0 Å². The minimum absolute atomic E-state index is 0. The van der Waals surface area contributed by atoms with Crippen LogP contribution in [0.1, 0.15) is 11.1 Å². The van der Waals surface area contributed by atoms with E-state index in [0.29, 0.717) is 0 Å². The second-order valence-electron chi connectivity index (χ2n) is 3.56. The van der Waals surface area contributed by atoms with Gasteiger partial charge in [-0.3, -0.25) is 0 Å². The first-order valence-electron chi connectivity index (χ1n) is 4.87.